The first kappa shape index (κ1) is 11.6. The van der Waals surface area contributed by atoms with Crippen molar-refractivity contribution in [1.29, 1.82) is 0 Å². The molecule has 0 amide bonds. The predicted octanol–water partition coefficient (Wildman–Crippen LogP) is 3.49. The van der Waals surface area contributed by atoms with Gasteiger partial charge >= 0.3 is 0 Å². The minimum absolute atomic E-state index is 0.336. The third-order valence-corrected chi connectivity index (χ3v) is 4.00. The van der Waals surface area contributed by atoms with Crippen LogP contribution in [0.15, 0.2) is 39.0 Å². The lowest BCUT2D eigenvalue weighted by atomic mass is 10.1. The standard InChI is InChI=1S/C11H10FNOS2/c1-7(14)10-8(12)3-2-4-9(10)16-11-13-5-6-15-11/h2-7,14H,1H3/t7-/m1/s1. The van der Waals surface area contributed by atoms with Gasteiger partial charge in [-0.3, -0.25) is 0 Å². The molecule has 1 heterocycles. The number of hydrogen-bond donors (Lipinski definition) is 1. The van der Waals surface area contributed by atoms with Crippen molar-refractivity contribution < 1.29 is 9.50 Å². The van der Waals surface area contributed by atoms with Gasteiger partial charge in [-0.2, -0.15) is 0 Å². The Morgan fingerprint density at radius 1 is 1.50 bits per heavy atom. The molecule has 5 heteroatoms. The van der Waals surface area contributed by atoms with Gasteiger partial charge in [0.2, 0.25) is 0 Å². The van der Waals surface area contributed by atoms with Gasteiger partial charge in [-0.1, -0.05) is 17.8 Å². The number of aliphatic hydroxyl groups excluding tert-OH is 1. The maximum atomic E-state index is 13.5. The number of hydrogen-bond acceptors (Lipinski definition) is 4. The van der Waals surface area contributed by atoms with E-state index in [1.165, 1.54) is 29.2 Å². The molecule has 0 bridgehead atoms. The Morgan fingerprint density at radius 3 is 2.94 bits per heavy atom. The predicted molar refractivity (Wildman–Crippen MR) is 63.3 cm³/mol. The first-order chi connectivity index (χ1) is 7.68. The van der Waals surface area contributed by atoms with Crippen LogP contribution < -0.4 is 0 Å². The molecule has 1 aromatic carbocycles. The molecule has 0 radical (unpaired) electrons. The highest BCUT2D eigenvalue weighted by Crippen LogP contribution is 2.35. The highest BCUT2D eigenvalue weighted by molar-refractivity contribution is 8.01. The summed E-state index contributed by atoms with van der Waals surface area (Å²) in [5, 5.41) is 11.4. The van der Waals surface area contributed by atoms with E-state index < -0.39 is 6.10 Å². The van der Waals surface area contributed by atoms with E-state index in [1.54, 1.807) is 25.3 Å². The molecule has 1 N–H and O–H groups in total. The zero-order chi connectivity index (χ0) is 11.5. The Balaban J connectivity index is 2.37. The molecule has 0 saturated heterocycles. The second-order valence-electron chi connectivity index (χ2n) is 3.23. The van der Waals surface area contributed by atoms with Crippen molar-refractivity contribution in [3.63, 3.8) is 0 Å². The van der Waals surface area contributed by atoms with Crippen molar-refractivity contribution in [2.75, 3.05) is 0 Å². The lowest BCUT2D eigenvalue weighted by Gasteiger charge is -2.11. The summed E-state index contributed by atoms with van der Waals surface area (Å²) < 4.78 is 14.4. The molecule has 0 fully saturated rings. The summed E-state index contributed by atoms with van der Waals surface area (Å²) in [7, 11) is 0. The van der Waals surface area contributed by atoms with Crippen LogP contribution in [0.4, 0.5) is 4.39 Å². The molecular formula is C11H10FNOS2. The van der Waals surface area contributed by atoms with Gasteiger partial charge in [0.15, 0.2) is 4.34 Å². The van der Waals surface area contributed by atoms with Gasteiger partial charge in [0.05, 0.1) is 6.10 Å². The quantitative estimate of drug-likeness (QED) is 0.911. The maximum Gasteiger partial charge on any atom is 0.154 e. The van der Waals surface area contributed by atoms with Gasteiger partial charge in [0.25, 0.3) is 0 Å². The molecule has 2 nitrogen and oxygen atoms in total. The second kappa shape index (κ2) is 4.95. The van der Waals surface area contributed by atoms with Crippen molar-refractivity contribution in [3.05, 3.63) is 41.2 Å². The van der Waals surface area contributed by atoms with Gasteiger partial charge in [-0.15, -0.1) is 11.3 Å². The fraction of sp³-hybridized carbons (Fsp3) is 0.182. The number of benzene rings is 1. The number of nitrogens with zero attached hydrogens (tertiary/aromatic N) is 1. The summed E-state index contributed by atoms with van der Waals surface area (Å²) in [6, 6.07) is 4.78. The molecule has 0 unspecified atom stereocenters. The number of halogens is 1. The average molecular weight is 255 g/mol. The average Bonchev–Trinajstić information content (AvgIpc) is 2.70. The third kappa shape index (κ3) is 2.42. The van der Waals surface area contributed by atoms with Crippen LogP contribution in [-0.2, 0) is 0 Å². The summed E-state index contributed by atoms with van der Waals surface area (Å²) in [6.45, 7) is 1.56. The fourth-order valence-corrected chi connectivity index (χ4v) is 3.18. The van der Waals surface area contributed by atoms with Gasteiger partial charge in [-0.05, 0) is 19.1 Å². The molecule has 2 aromatic rings. The molecule has 0 saturated carbocycles. The SMILES string of the molecule is C[C@@H](O)c1c(F)cccc1Sc1nccs1. The van der Waals surface area contributed by atoms with Crippen LogP contribution in [0.3, 0.4) is 0 Å². The molecule has 0 spiro atoms. The molecule has 0 aliphatic carbocycles. The van der Waals surface area contributed by atoms with Gasteiger partial charge in [0.1, 0.15) is 5.82 Å². The van der Waals surface area contributed by atoms with Crippen LogP contribution in [0.5, 0.6) is 0 Å². The summed E-state index contributed by atoms with van der Waals surface area (Å²) >= 11 is 2.86. The Bertz CT molecular complexity index is 471. The van der Waals surface area contributed by atoms with E-state index in [0.717, 1.165) is 4.34 Å². The number of rotatable bonds is 3. The summed E-state index contributed by atoms with van der Waals surface area (Å²) in [4.78, 5) is 4.83. The van der Waals surface area contributed by atoms with Crippen LogP contribution in [-0.4, -0.2) is 10.1 Å². The Kier molecular flexibility index (Phi) is 3.58. The normalized spacial score (nSPS) is 12.7. The largest absolute Gasteiger partial charge is 0.389 e. The first-order valence-corrected chi connectivity index (χ1v) is 6.42. The molecular weight excluding hydrogens is 245 g/mol. The molecule has 84 valence electrons. The van der Waals surface area contributed by atoms with Gasteiger partial charge in [-0.25, -0.2) is 9.37 Å². The minimum atomic E-state index is -0.816. The second-order valence-corrected chi connectivity index (χ2v) is 5.41. The molecule has 0 aliphatic heterocycles. The minimum Gasteiger partial charge on any atom is -0.389 e. The van der Waals surface area contributed by atoms with Crippen LogP contribution in [0.1, 0.15) is 18.6 Å². The van der Waals surface area contributed by atoms with Crippen molar-refractivity contribution >= 4 is 23.1 Å². The first-order valence-electron chi connectivity index (χ1n) is 4.72. The lowest BCUT2D eigenvalue weighted by Crippen LogP contribution is -1.98. The van der Waals surface area contributed by atoms with E-state index in [-0.39, 0.29) is 5.82 Å². The van der Waals surface area contributed by atoms with Crippen molar-refractivity contribution in [2.45, 2.75) is 22.3 Å². The van der Waals surface area contributed by atoms with Crippen molar-refractivity contribution in [1.82, 2.24) is 4.98 Å². The summed E-state index contributed by atoms with van der Waals surface area (Å²) in [5.41, 5.74) is 0.336. The number of aromatic nitrogens is 1. The maximum absolute atomic E-state index is 13.5. The highest BCUT2D eigenvalue weighted by atomic mass is 32.2. The topological polar surface area (TPSA) is 33.1 Å². The van der Waals surface area contributed by atoms with E-state index in [2.05, 4.69) is 4.98 Å². The molecule has 1 aromatic heterocycles. The smallest absolute Gasteiger partial charge is 0.154 e. The van der Waals surface area contributed by atoms with Gasteiger partial charge < -0.3 is 5.11 Å². The molecule has 16 heavy (non-hydrogen) atoms. The number of thiazole rings is 1. The lowest BCUT2D eigenvalue weighted by molar-refractivity contribution is 0.191. The summed E-state index contributed by atoms with van der Waals surface area (Å²) in [5.74, 6) is -0.378. The zero-order valence-corrected chi connectivity index (χ0v) is 10.2. The third-order valence-electron chi connectivity index (χ3n) is 2.04. The van der Waals surface area contributed by atoms with Crippen LogP contribution in [0, 0.1) is 5.82 Å². The van der Waals surface area contributed by atoms with Crippen LogP contribution in [0.25, 0.3) is 0 Å². The van der Waals surface area contributed by atoms with E-state index in [4.69, 9.17) is 0 Å². The van der Waals surface area contributed by atoms with E-state index in [9.17, 15) is 9.50 Å². The Hall–Kier alpha value is -0.910. The van der Waals surface area contributed by atoms with E-state index in [0.29, 0.717) is 10.5 Å². The molecule has 0 aliphatic rings. The zero-order valence-electron chi connectivity index (χ0n) is 8.55. The fourth-order valence-electron chi connectivity index (χ4n) is 1.37. The van der Waals surface area contributed by atoms with Gasteiger partial charge in [0, 0.05) is 22.0 Å². The molecule has 1 atom stereocenters. The highest BCUT2D eigenvalue weighted by Gasteiger charge is 2.14. The van der Waals surface area contributed by atoms with E-state index >= 15 is 0 Å². The van der Waals surface area contributed by atoms with Crippen molar-refractivity contribution in [2.24, 2.45) is 0 Å². The van der Waals surface area contributed by atoms with E-state index in [1.807, 2.05) is 5.38 Å². The number of aliphatic hydroxyl groups is 1. The van der Waals surface area contributed by atoms with Crippen molar-refractivity contribution in [3.8, 4) is 0 Å². The Morgan fingerprint density at radius 2 is 2.31 bits per heavy atom. The Labute approximate surface area is 101 Å². The van der Waals surface area contributed by atoms with Crippen LogP contribution >= 0.6 is 23.1 Å². The molecule has 2 rings (SSSR count). The van der Waals surface area contributed by atoms with Crippen LogP contribution in [0.2, 0.25) is 0 Å². The summed E-state index contributed by atoms with van der Waals surface area (Å²) in [6.07, 6.45) is 0.887. The monoisotopic (exact) mass is 255 g/mol.